The fourth-order valence-electron chi connectivity index (χ4n) is 3.91. The van der Waals surface area contributed by atoms with Crippen LogP contribution in [0.25, 0.3) is 10.9 Å². The predicted octanol–water partition coefficient (Wildman–Crippen LogP) is 2.47. The van der Waals surface area contributed by atoms with Gasteiger partial charge in [-0.1, -0.05) is 24.3 Å². The number of hydrogen-bond donors (Lipinski definition) is 2. The first kappa shape index (κ1) is 21.8. The summed E-state index contributed by atoms with van der Waals surface area (Å²) in [4.78, 5) is 24.1. The van der Waals surface area contributed by atoms with Crippen molar-refractivity contribution in [3.05, 3.63) is 54.2 Å². The van der Waals surface area contributed by atoms with Gasteiger partial charge in [0.1, 0.15) is 30.3 Å². The first-order valence-corrected chi connectivity index (χ1v) is 10.8. The van der Waals surface area contributed by atoms with E-state index in [2.05, 4.69) is 15.3 Å². The van der Waals surface area contributed by atoms with Crippen LogP contribution in [0.5, 0.6) is 11.5 Å². The highest BCUT2D eigenvalue weighted by Crippen LogP contribution is 2.26. The highest BCUT2D eigenvalue weighted by molar-refractivity contribution is 5.86. The molecule has 0 radical (unpaired) electrons. The van der Waals surface area contributed by atoms with Crippen molar-refractivity contribution in [3.8, 4) is 11.5 Å². The van der Waals surface area contributed by atoms with Gasteiger partial charge in [0.15, 0.2) is 0 Å². The molecular weight excluding hydrogens is 408 g/mol. The maximum Gasteiger partial charge on any atom is 0.242 e. The number of carbonyl (C=O) groups excluding carboxylic acids is 1. The number of para-hydroxylation sites is 1. The van der Waals surface area contributed by atoms with Crippen LogP contribution >= 0.6 is 0 Å². The Morgan fingerprint density at radius 3 is 2.88 bits per heavy atom. The predicted molar refractivity (Wildman–Crippen MR) is 122 cm³/mol. The molecule has 3 aromatic rings. The number of rotatable bonds is 8. The van der Waals surface area contributed by atoms with E-state index < -0.39 is 6.10 Å². The Bertz CT molecular complexity index is 1090. The van der Waals surface area contributed by atoms with Gasteiger partial charge in [-0.05, 0) is 38.0 Å². The van der Waals surface area contributed by atoms with Crippen molar-refractivity contribution in [2.24, 2.45) is 0 Å². The van der Waals surface area contributed by atoms with E-state index in [0.29, 0.717) is 17.4 Å². The lowest BCUT2D eigenvalue weighted by atomic mass is 10.2. The van der Waals surface area contributed by atoms with Crippen molar-refractivity contribution in [1.29, 1.82) is 0 Å². The molecule has 8 nitrogen and oxygen atoms in total. The zero-order valence-corrected chi connectivity index (χ0v) is 18.3. The van der Waals surface area contributed by atoms with Gasteiger partial charge in [-0.15, -0.1) is 0 Å². The largest absolute Gasteiger partial charge is 0.497 e. The number of anilines is 1. The molecule has 1 aliphatic heterocycles. The molecule has 0 saturated carbocycles. The lowest BCUT2D eigenvalue weighted by Gasteiger charge is -2.25. The average molecular weight is 437 g/mol. The Morgan fingerprint density at radius 1 is 1.22 bits per heavy atom. The molecule has 1 amide bonds. The van der Waals surface area contributed by atoms with Crippen LogP contribution in [0, 0.1) is 6.92 Å². The van der Waals surface area contributed by atoms with Crippen molar-refractivity contribution in [2.45, 2.75) is 31.9 Å². The summed E-state index contributed by atoms with van der Waals surface area (Å²) in [5.41, 5.74) is 1.76. The number of nitrogens with zero attached hydrogens (tertiary/aromatic N) is 3. The molecule has 8 heteroatoms. The van der Waals surface area contributed by atoms with Crippen LogP contribution in [-0.2, 0) is 4.79 Å². The molecule has 2 N–H and O–H groups in total. The van der Waals surface area contributed by atoms with E-state index in [1.54, 1.807) is 19.2 Å². The number of nitrogens with one attached hydrogen (secondary N) is 1. The molecule has 1 aliphatic rings. The summed E-state index contributed by atoms with van der Waals surface area (Å²) in [7, 11) is 1.58. The van der Waals surface area contributed by atoms with E-state index in [0.717, 1.165) is 36.0 Å². The molecule has 1 fully saturated rings. The molecule has 2 aromatic carbocycles. The summed E-state index contributed by atoms with van der Waals surface area (Å²) in [5, 5.41) is 14.1. The fourth-order valence-corrected chi connectivity index (χ4v) is 3.91. The first-order valence-electron chi connectivity index (χ1n) is 10.8. The molecule has 4 rings (SSSR count). The van der Waals surface area contributed by atoms with E-state index in [1.165, 1.54) is 0 Å². The van der Waals surface area contributed by atoms with Crippen molar-refractivity contribution < 1.29 is 19.4 Å². The van der Waals surface area contributed by atoms with Gasteiger partial charge < -0.3 is 24.8 Å². The second-order valence-corrected chi connectivity index (χ2v) is 7.87. The number of amides is 1. The van der Waals surface area contributed by atoms with Gasteiger partial charge in [-0.3, -0.25) is 4.79 Å². The van der Waals surface area contributed by atoms with Crippen LogP contribution in [-0.4, -0.2) is 59.9 Å². The zero-order valence-electron chi connectivity index (χ0n) is 18.3. The highest BCUT2D eigenvalue weighted by atomic mass is 16.5. The Hall–Kier alpha value is -3.39. The lowest BCUT2D eigenvalue weighted by molar-refractivity contribution is -0.122. The van der Waals surface area contributed by atoms with Crippen molar-refractivity contribution in [2.75, 3.05) is 31.7 Å². The third kappa shape index (κ3) is 4.91. The minimum Gasteiger partial charge on any atom is -0.497 e. The minimum absolute atomic E-state index is 0.0643. The van der Waals surface area contributed by atoms with Gasteiger partial charge in [-0.2, -0.15) is 0 Å². The van der Waals surface area contributed by atoms with E-state index >= 15 is 0 Å². The quantitative estimate of drug-likeness (QED) is 0.560. The Kier molecular flexibility index (Phi) is 6.70. The molecule has 0 unspecified atom stereocenters. The number of aliphatic hydroxyl groups excluding tert-OH is 1. The number of carbonyl (C=O) groups is 1. The molecule has 1 aromatic heterocycles. The van der Waals surface area contributed by atoms with Gasteiger partial charge in [0, 0.05) is 24.5 Å². The molecule has 1 saturated heterocycles. The van der Waals surface area contributed by atoms with Crippen LogP contribution in [0.3, 0.4) is 0 Å². The van der Waals surface area contributed by atoms with E-state index in [-0.39, 0.29) is 25.1 Å². The van der Waals surface area contributed by atoms with E-state index in [1.807, 2.05) is 48.2 Å². The summed E-state index contributed by atoms with van der Waals surface area (Å²) in [5.74, 6) is 1.70. The van der Waals surface area contributed by atoms with Crippen LogP contribution in [0.2, 0.25) is 0 Å². The van der Waals surface area contributed by atoms with Crippen LogP contribution < -0.4 is 19.7 Å². The second kappa shape index (κ2) is 9.82. The normalized spacial score (nSPS) is 16.7. The monoisotopic (exact) mass is 436 g/mol. The number of methoxy groups -OCH3 is 1. The number of aromatic nitrogens is 2. The van der Waals surface area contributed by atoms with E-state index in [4.69, 9.17) is 9.47 Å². The van der Waals surface area contributed by atoms with Crippen molar-refractivity contribution in [1.82, 2.24) is 15.3 Å². The molecule has 2 heterocycles. The summed E-state index contributed by atoms with van der Waals surface area (Å²) < 4.78 is 10.8. The Balaban J connectivity index is 1.34. The van der Waals surface area contributed by atoms with Gasteiger partial charge in [-0.25, -0.2) is 9.97 Å². The van der Waals surface area contributed by atoms with Gasteiger partial charge in [0.2, 0.25) is 11.9 Å². The molecule has 168 valence electrons. The lowest BCUT2D eigenvalue weighted by Crippen LogP contribution is -2.46. The Labute approximate surface area is 187 Å². The number of aryl methyl sites for hydroxylation is 1. The van der Waals surface area contributed by atoms with Gasteiger partial charge >= 0.3 is 0 Å². The van der Waals surface area contributed by atoms with Crippen LogP contribution in [0.4, 0.5) is 5.95 Å². The summed E-state index contributed by atoms with van der Waals surface area (Å²) >= 11 is 0. The summed E-state index contributed by atoms with van der Waals surface area (Å²) in [6.45, 7) is 2.84. The van der Waals surface area contributed by atoms with Crippen molar-refractivity contribution in [3.63, 3.8) is 0 Å². The number of ether oxygens (including phenoxy) is 2. The van der Waals surface area contributed by atoms with Crippen molar-refractivity contribution >= 4 is 22.8 Å². The maximum atomic E-state index is 12.9. The topological polar surface area (TPSA) is 96.8 Å². The van der Waals surface area contributed by atoms with Crippen LogP contribution in [0.15, 0.2) is 48.5 Å². The standard InChI is InChI=1S/C24H28N4O4/c1-16-20-9-3-4-10-21(20)27-24(26-16)28-12-6-11-22(28)23(30)25-14-17(29)15-32-19-8-5-7-18(13-19)31-2/h3-5,7-10,13,17,22,29H,6,11-12,14-15H2,1-2H3,(H,25,30)/t17-,22-/m0/s1. The molecule has 32 heavy (non-hydrogen) atoms. The average Bonchev–Trinajstić information content (AvgIpc) is 3.31. The summed E-state index contributed by atoms with van der Waals surface area (Å²) in [6.07, 6.45) is 0.769. The number of aliphatic hydroxyl groups is 1. The Morgan fingerprint density at radius 2 is 2.03 bits per heavy atom. The highest BCUT2D eigenvalue weighted by Gasteiger charge is 2.33. The third-order valence-electron chi connectivity index (χ3n) is 5.59. The maximum absolute atomic E-state index is 12.9. The van der Waals surface area contributed by atoms with E-state index in [9.17, 15) is 9.90 Å². The molecule has 0 aliphatic carbocycles. The summed E-state index contributed by atoms with van der Waals surface area (Å²) in [6, 6.07) is 14.7. The second-order valence-electron chi connectivity index (χ2n) is 7.87. The number of fused-ring (bicyclic) bond motifs is 1. The smallest absolute Gasteiger partial charge is 0.242 e. The fraction of sp³-hybridized carbons (Fsp3) is 0.375. The minimum atomic E-state index is -0.834. The SMILES string of the molecule is COc1cccc(OC[C@@H](O)CNC(=O)[C@@H]2CCCN2c2nc(C)c3ccccc3n2)c1. The molecule has 0 spiro atoms. The molecule has 0 bridgehead atoms. The van der Waals surface area contributed by atoms with Gasteiger partial charge in [0.25, 0.3) is 0 Å². The number of hydrogen-bond acceptors (Lipinski definition) is 7. The van der Waals surface area contributed by atoms with Gasteiger partial charge in [0.05, 0.1) is 18.3 Å². The molecular formula is C24H28N4O4. The van der Waals surface area contributed by atoms with Crippen LogP contribution in [0.1, 0.15) is 18.5 Å². The third-order valence-corrected chi connectivity index (χ3v) is 5.59. The first-order chi connectivity index (χ1) is 15.5. The number of benzene rings is 2. The molecule has 2 atom stereocenters. The zero-order chi connectivity index (χ0) is 22.5.